The van der Waals surface area contributed by atoms with E-state index in [1.54, 1.807) is 18.4 Å². The minimum absolute atomic E-state index is 0.0864. The van der Waals surface area contributed by atoms with E-state index in [1.165, 1.54) is 5.56 Å². The van der Waals surface area contributed by atoms with E-state index in [0.29, 0.717) is 18.1 Å². The molecule has 1 aliphatic heterocycles. The highest BCUT2D eigenvalue weighted by atomic mass is 16.3. The number of nitrogens with zero attached hydrogens (tertiary/aromatic N) is 3. The lowest BCUT2D eigenvalue weighted by molar-refractivity contribution is 0.241. The molecule has 0 atom stereocenters. The SMILES string of the molecule is Cc1n[nH]c(C)c1CN1CCc2nc(-c3ccco3)[nH]c(=O)c2C1. The first-order valence-corrected chi connectivity index (χ1v) is 8.00. The van der Waals surface area contributed by atoms with Gasteiger partial charge in [-0.3, -0.25) is 14.8 Å². The Hall–Kier alpha value is -2.67. The van der Waals surface area contributed by atoms with Crippen molar-refractivity contribution in [3.8, 4) is 11.6 Å². The summed E-state index contributed by atoms with van der Waals surface area (Å²) in [5.41, 5.74) is 4.82. The van der Waals surface area contributed by atoms with Gasteiger partial charge < -0.3 is 9.40 Å². The molecule has 0 saturated carbocycles. The van der Waals surface area contributed by atoms with Crippen molar-refractivity contribution in [3.05, 3.63) is 57.0 Å². The highest BCUT2D eigenvalue weighted by molar-refractivity contribution is 5.47. The highest BCUT2D eigenvalue weighted by Gasteiger charge is 2.23. The minimum atomic E-state index is -0.0864. The Morgan fingerprint density at radius 2 is 2.25 bits per heavy atom. The summed E-state index contributed by atoms with van der Waals surface area (Å²) in [6.45, 7) is 6.27. The van der Waals surface area contributed by atoms with Crippen molar-refractivity contribution in [2.75, 3.05) is 6.54 Å². The van der Waals surface area contributed by atoms with Gasteiger partial charge in [-0.2, -0.15) is 5.10 Å². The Morgan fingerprint density at radius 3 is 2.96 bits per heavy atom. The van der Waals surface area contributed by atoms with Crippen LogP contribution in [0.5, 0.6) is 0 Å². The summed E-state index contributed by atoms with van der Waals surface area (Å²) in [6.07, 6.45) is 2.33. The van der Waals surface area contributed by atoms with E-state index in [4.69, 9.17) is 4.42 Å². The van der Waals surface area contributed by atoms with E-state index in [0.717, 1.165) is 42.2 Å². The number of aryl methyl sites for hydroxylation is 2. The molecule has 7 nitrogen and oxygen atoms in total. The zero-order chi connectivity index (χ0) is 16.7. The third-order valence-electron chi connectivity index (χ3n) is 4.56. The highest BCUT2D eigenvalue weighted by Crippen LogP contribution is 2.21. The number of aromatic nitrogens is 4. The van der Waals surface area contributed by atoms with Gasteiger partial charge in [-0.25, -0.2) is 4.98 Å². The Balaban J connectivity index is 1.61. The maximum atomic E-state index is 12.5. The van der Waals surface area contributed by atoms with Gasteiger partial charge in [-0.15, -0.1) is 0 Å². The van der Waals surface area contributed by atoms with Crippen molar-refractivity contribution in [1.29, 1.82) is 0 Å². The second kappa shape index (κ2) is 5.76. The van der Waals surface area contributed by atoms with Gasteiger partial charge in [0.05, 0.1) is 23.2 Å². The summed E-state index contributed by atoms with van der Waals surface area (Å²) in [6, 6.07) is 3.58. The van der Waals surface area contributed by atoms with Crippen molar-refractivity contribution in [2.45, 2.75) is 33.4 Å². The number of H-pyrrole nitrogens is 2. The van der Waals surface area contributed by atoms with E-state index in [9.17, 15) is 4.79 Å². The van der Waals surface area contributed by atoms with E-state index in [1.807, 2.05) is 13.8 Å². The Bertz CT molecular complexity index is 904. The number of furan rings is 1. The molecular weight excluding hydrogens is 306 g/mol. The van der Waals surface area contributed by atoms with Crippen LogP contribution in [0.25, 0.3) is 11.6 Å². The number of hydrogen-bond acceptors (Lipinski definition) is 5. The van der Waals surface area contributed by atoms with Crippen LogP contribution in [0.4, 0.5) is 0 Å². The van der Waals surface area contributed by atoms with Crippen LogP contribution in [0.1, 0.15) is 28.2 Å². The quantitative estimate of drug-likeness (QED) is 0.768. The molecule has 4 heterocycles. The number of hydrogen-bond donors (Lipinski definition) is 2. The number of fused-ring (bicyclic) bond motifs is 1. The molecule has 124 valence electrons. The zero-order valence-corrected chi connectivity index (χ0v) is 13.7. The Kier molecular flexibility index (Phi) is 3.57. The Morgan fingerprint density at radius 1 is 1.38 bits per heavy atom. The molecule has 0 aliphatic carbocycles. The van der Waals surface area contributed by atoms with E-state index in [2.05, 4.69) is 25.1 Å². The van der Waals surface area contributed by atoms with E-state index >= 15 is 0 Å². The number of aromatic amines is 2. The molecule has 24 heavy (non-hydrogen) atoms. The van der Waals surface area contributed by atoms with Crippen LogP contribution in [0.2, 0.25) is 0 Å². The average Bonchev–Trinajstić information content (AvgIpc) is 3.21. The molecule has 1 aliphatic rings. The summed E-state index contributed by atoms with van der Waals surface area (Å²) >= 11 is 0. The minimum Gasteiger partial charge on any atom is -0.461 e. The van der Waals surface area contributed by atoms with Crippen LogP contribution in [-0.4, -0.2) is 31.6 Å². The third-order valence-corrected chi connectivity index (χ3v) is 4.56. The number of nitrogens with one attached hydrogen (secondary N) is 2. The molecule has 0 radical (unpaired) electrons. The van der Waals surface area contributed by atoms with Gasteiger partial charge in [-0.05, 0) is 26.0 Å². The molecule has 2 N–H and O–H groups in total. The van der Waals surface area contributed by atoms with Crippen molar-refractivity contribution in [1.82, 2.24) is 25.1 Å². The van der Waals surface area contributed by atoms with Crippen molar-refractivity contribution >= 4 is 0 Å². The molecule has 0 spiro atoms. The maximum Gasteiger partial charge on any atom is 0.256 e. The molecule has 0 bridgehead atoms. The Labute approximate surface area is 138 Å². The van der Waals surface area contributed by atoms with Gasteiger partial charge in [0.2, 0.25) is 0 Å². The molecule has 0 unspecified atom stereocenters. The first-order valence-electron chi connectivity index (χ1n) is 8.00. The van der Waals surface area contributed by atoms with E-state index in [-0.39, 0.29) is 5.56 Å². The standard InChI is InChI=1S/C17H19N5O2/c1-10-12(11(2)21-20-10)8-22-6-5-14-13(9-22)17(23)19-16(18-14)15-4-3-7-24-15/h3-4,7H,5-6,8-9H2,1-2H3,(H,20,21)(H,18,19,23). The summed E-state index contributed by atoms with van der Waals surface area (Å²) in [7, 11) is 0. The topological polar surface area (TPSA) is 90.8 Å². The molecule has 0 fully saturated rings. The van der Waals surface area contributed by atoms with Crippen LogP contribution in [0, 0.1) is 13.8 Å². The first kappa shape index (κ1) is 14.9. The summed E-state index contributed by atoms with van der Waals surface area (Å²) in [5.74, 6) is 1.08. The largest absolute Gasteiger partial charge is 0.461 e. The molecular formula is C17H19N5O2. The van der Waals surface area contributed by atoms with Crippen LogP contribution in [0.3, 0.4) is 0 Å². The lowest BCUT2D eigenvalue weighted by Gasteiger charge is -2.27. The van der Waals surface area contributed by atoms with Crippen LogP contribution >= 0.6 is 0 Å². The van der Waals surface area contributed by atoms with Gasteiger partial charge >= 0.3 is 0 Å². The van der Waals surface area contributed by atoms with Gasteiger partial charge in [0.25, 0.3) is 5.56 Å². The van der Waals surface area contributed by atoms with Gasteiger partial charge in [0.15, 0.2) is 11.6 Å². The smallest absolute Gasteiger partial charge is 0.256 e. The molecule has 0 aromatic carbocycles. The predicted octanol–water partition coefficient (Wildman–Crippen LogP) is 1.93. The monoisotopic (exact) mass is 325 g/mol. The second-order valence-electron chi connectivity index (χ2n) is 6.19. The summed E-state index contributed by atoms with van der Waals surface area (Å²) < 4.78 is 5.33. The van der Waals surface area contributed by atoms with Crippen molar-refractivity contribution in [2.24, 2.45) is 0 Å². The maximum absolute atomic E-state index is 12.5. The normalized spacial score (nSPS) is 14.8. The van der Waals surface area contributed by atoms with Crippen LogP contribution in [-0.2, 0) is 19.5 Å². The molecule has 4 rings (SSSR count). The average molecular weight is 325 g/mol. The zero-order valence-electron chi connectivity index (χ0n) is 13.7. The predicted molar refractivity (Wildman–Crippen MR) is 88.4 cm³/mol. The van der Waals surface area contributed by atoms with Crippen LogP contribution < -0.4 is 5.56 Å². The molecule has 0 amide bonds. The van der Waals surface area contributed by atoms with E-state index < -0.39 is 0 Å². The van der Waals surface area contributed by atoms with Crippen molar-refractivity contribution in [3.63, 3.8) is 0 Å². The second-order valence-corrected chi connectivity index (χ2v) is 6.19. The molecule has 3 aromatic heterocycles. The van der Waals surface area contributed by atoms with Gasteiger partial charge in [-0.1, -0.05) is 0 Å². The lowest BCUT2D eigenvalue weighted by Crippen LogP contribution is -2.35. The summed E-state index contributed by atoms with van der Waals surface area (Å²) in [5, 5.41) is 7.25. The van der Waals surface area contributed by atoms with Gasteiger partial charge in [0.1, 0.15) is 0 Å². The fourth-order valence-corrected chi connectivity index (χ4v) is 3.18. The first-order chi connectivity index (χ1) is 11.6. The molecule has 3 aromatic rings. The molecule has 7 heteroatoms. The van der Waals surface area contributed by atoms with Crippen LogP contribution in [0.15, 0.2) is 27.6 Å². The number of rotatable bonds is 3. The lowest BCUT2D eigenvalue weighted by atomic mass is 10.1. The third kappa shape index (κ3) is 2.56. The van der Waals surface area contributed by atoms with Gasteiger partial charge in [0, 0.05) is 37.3 Å². The van der Waals surface area contributed by atoms with Crippen molar-refractivity contribution < 1.29 is 4.42 Å². The fourth-order valence-electron chi connectivity index (χ4n) is 3.18. The molecule has 0 saturated heterocycles. The summed E-state index contributed by atoms with van der Waals surface area (Å²) in [4.78, 5) is 22.2. The fraction of sp³-hybridized carbons (Fsp3) is 0.353.